The molecule has 0 radical (unpaired) electrons. The molecule has 2 aliphatic rings. The molecule has 2 rings (SSSR count). The summed E-state index contributed by atoms with van der Waals surface area (Å²) in [6.07, 6.45) is 4.55. The molecule has 2 aliphatic heterocycles. The van der Waals surface area contributed by atoms with E-state index in [4.69, 9.17) is 0 Å². The minimum atomic E-state index is -2.85. The van der Waals surface area contributed by atoms with Crippen LogP contribution in [0.25, 0.3) is 0 Å². The monoisotopic (exact) mass is 303 g/mol. The van der Waals surface area contributed by atoms with Gasteiger partial charge >= 0.3 is 5.97 Å². The number of carbonyl (C=O) groups is 1. The van der Waals surface area contributed by atoms with Crippen molar-refractivity contribution in [1.82, 2.24) is 4.90 Å². The molecule has 0 aromatic rings. The van der Waals surface area contributed by atoms with Crippen LogP contribution in [0.3, 0.4) is 0 Å². The number of aliphatic carboxylic acids is 1. The lowest BCUT2D eigenvalue weighted by molar-refractivity contribution is -0.154. The van der Waals surface area contributed by atoms with E-state index in [9.17, 15) is 18.3 Å². The largest absolute Gasteiger partial charge is 0.481 e. The van der Waals surface area contributed by atoms with Crippen molar-refractivity contribution in [3.63, 3.8) is 0 Å². The number of piperidine rings is 1. The fourth-order valence-electron chi connectivity index (χ4n) is 3.69. The first-order valence-electron chi connectivity index (χ1n) is 7.56. The van der Waals surface area contributed by atoms with Gasteiger partial charge in [-0.15, -0.1) is 0 Å². The summed E-state index contributed by atoms with van der Waals surface area (Å²) >= 11 is 0. The van der Waals surface area contributed by atoms with Crippen LogP contribution in [0.15, 0.2) is 0 Å². The maximum absolute atomic E-state index is 11.7. The van der Waals surface area contributed by atoms with Crippen LogP contribution >= 0.6 is 0 Å². The van der Waals surface area contributed by atoms with E-state index in [-0.39, 0.29) is 17.5 Å². The van der Waals surface area contributed by atoms with Crippen LogP contribution in [0.5, 0.6) is 0 Å². The van der Waals surface area contributed by atoms with Crippen LogP contribution in [0.2, 0.25) is 0 Å². The van der Waals surface area contributed by atoms with Gasteiger partial charge in [0.1, 0.15) is 9.84 Å². The molecule has 0 saturated carbocycles. The molecular formula is C14H25NO4S. The van der Waals surface area contributed by atoms with Gasteiger partial charge in [-0.2, -0.15) is 0 Å². The summed E-state index contributed by atoms with van der Waals surface area (Å²) in [4.78, 5) is 13.9. The maximum Gasteiger partial charge on any atom is 0.310 e. The lowest BCUT2D eigenvalue weighted by Crippen LogP contribution is -2.52. The minimum Gasteiger partial charge on any atom is -0.481 e. The summed E-state index contributed by atoms with van der Waals surface area (Å²) in [5, 5.41) is 9.60. The number of carboxylic acids is 1. The van der Waals surface area contributed by atoms with Crippen molar-refractivity contribution in [3.8, 4) is 0 Å². The van der Waals surface area contributed by atoms with E-state index in [0.29, 0.717) is 25.8 Å². The standard InChI is InChI=1S/C14H25NO4S/c1-2-6-14(13(16)17)7-3-8-15(11-14)12-4-9-20(18,19)10-5-12/h12H,2-11H2,1H3,(H,16,17). The summed E-state index contributed by atoms with van der Waals surface area (Å²) in [6, 6.07) is 0.245. The second-order valence-corrected chi connectivity index (χ2v) is 8.60. The fraction of sp³-hybridized carbons (Fsp3) is 0.929. The normalized spacial score (nSPS) is 32.0. The number of hydrogen-bond acceptors (Lipinski definition) is 4. The van der Waals surface area contributed by atoms with E-state index in [0.717, 1.165) is 25.8 Å². The number of sulfone groups is 1. The van der Waals surface area contributed by atoms with Crippen molar-refractivity contribution < 1.29 is 18.3 Å². The van der Waals surface area contributed by atoms with Crippen molar-refractivity contribution in [2.24, 2.45) is 5.41 Å². The molecule has 0 aromatic heterocycles. The zero-order chi connectivity index (χ0) is 14.8. The third-order valence-corrected chi connectivity index (χ3v) is 6.54. The van der Waals surface area contributed by atoms with Gasteiger partial charge in [-0.25, -0.2) is 8.42 Å². The van der Waals surface area contributed by atoms with E-state index < -0.39 is 21.2 Å². The molecule has 0 bridgehead atoms. The van der Waals surface area contributed by atoms with E-state index in [2.05, 4.69) is 4.90 Å². The van der Waals surface area contributed by atoms with Gasteiger partial charge in [-0.3, -0.25) is 9.69 Å². The molecule has 5 nitrogen and oxygen atoms in total. The number of rotatable bonds is 4. The first-order valence-corrected chi connectivity index (χ1v) is 9.38. The van der Waals surface area contributed by atoms with Crippen molar-refractivity contribution in [2.45, 2.75) is 51.5 Å². The predicted octanol–water partition coefficient (Wildman–Crippen LogP) is 1.53. The van der Waals surface area contributed by atoms with Gasteiger partial charge in [0.25, 0.3) is 0 Å². The van der Waals surface area contributed by atoms with E-state index in [1.54, 1.807) is 0 Å². The lowest BCUT2D eigenvalue weighted by atomic mass is 9.76. The Morgan fingerprint density at radius 2 is 2.00 bits per heavy atom. The highest BCUT2D eigenvalue weighted by Crippen LogP contribution is 2.37. The molecule has 20 heavy (non-hydrogen) atoms. The van der Waals surface area contributed by atoms with Crippen LogP contribution < -0.4 is 0 Å². The Hall–Kier alpha value is -0.620. The van der Waals surface area contributed by atoms with Crippen LogP contribution in [-0.2, 0) is 14.6 Å². The second-order valence-electron chi connectivity index (χ2n) is 6.29. The Morgan fingerprint density at radius 1 is 1.35 bits per heavy atom. The van der Waals surface area contributed by atoms with Gasteiger partial charge in [0.15, 0.2) is 0 Å². The molecule has 0 spiro atoms. The summed E-state index contributed by atoms with van der Waals surface area (Å²) in [6.45, 7) is 3.52. The van der Waals surface area contributed by atoms with E-state index >= 15 is 0 Å². The molecule has 6 heteroatoms. The minimum absolute atomic E-state index is 0.245. The van der Waals surface area contributed by atoms with Crippen molar-refractivity contribution >= 4 is 15.8 Å². The van der Waals surface area contributed by atoms with E-state index in [1.807, 2.05) is 6.92 Å². The highest BCUT2D eigenvalue weighted by molar-refractivity contribution is 7.91. The van der Waals surface area contributed by atoms with Gasteiger partial charge in [0, 0.05) is 12.6 Å². The third kappa shape index (κ3) is 3.34. The van der Waals surface area contributed by atoms with Gasteiger partial charge in [-0.05, 0) is 38.6 Å². The van der Waals surface area contributed by atoms with Gasteiger partial charge in [0.2, 0.25) is 0 Å². The van der Waals surface area contributed by atoms with Crippen LogP contribution in [-0.4, -0.2) is 55.0 Å². The summed E-state index contributed by atoms with van der Waals surface area (Å²) in [7, 11) is -2.85. The van der Waals surface area contributed by atoms with Crippen molar-refractivity contribution in [3.05, 3.63) is 0 Å². The Morgan fingerprint density at radius 3 is 2.55 bits per heavy atom. The Labute approximate surface area is 121 Å². The van der Waals surface area contributed by atoms with Crippen molar-refractivity contribution in [1.29, 1.82) is 0 Å². The molecule has 1 unspecified atom stereocenters. The first kappa shape index (κ1) is 15.8. The topological polar surface area (TPSA) is 74.7 Å². The smallest absolute Gasteiger partial charge is 0.310 e. The zero-order valence-electron chi connectivity index (χ0n) is 12.2. The predicted molar refractivity (Wildman–Crippen MR) is 77.5 cm³/mol. The Kier molecular flexibility index (Phi) is 4.74. The summed E-state index contributed by atoms with van der Waals surface area (Å²) in [5.41, 5.74) is -0.622. The molecule has 0 aliphatic carbocycles. The van der Waals surface area contributed by atoms with Crippen molar-refractivity contribution in [2.75, 3.05) is 24.6 Å². The Bertz CT molecular complexity index is 444. The SMILES string of the molecule is CCCC1(C(=O)O)CCCN(C2CCS(=O)(=O)CC2)C1. The second kappa shape index (κ2) is 6.02. The third-order valence-electron chi connectivity index (χ3n) is 4.83. The highest BCUT2D eigenvalue weighted by atomic mass is 32.2. The average molecular weight is 303 g/mol. The lowest BCUT2D eigenvalue weighted by Gasteiger charge is -2.44. The van der Waals surface area contributed by atoms with Crippen LogP contribution in [0, 0.1) is 5.41 Å². The molecular weight excluding hydrogens is 278 g/mol. The number of nitrogens with zero attached hydrogens (tertiary/aromatic N) is 1. The maximum atomic E-state index is 11.7. The van der Waals surface area contributed by atoms with Crippen LogP contribution in [0.1, 0.15) is 45.4 Å². The molecule has 2 heterocycles. The molecule has 0 amide bonds. The molecule has 116 valence electrons. The number of likely N-dealkylation sites (tertiary alicyclic amines) is 1. The fourth-order valence-corrected chi connectivity index (χ4v) is 5.15. The number of hydrogen-bond donors (Lipinski definition) is 1. The van der Waals surface area contributed by atoms with E-state index in [1.165, 1.54) is 0 Å². The summed E-state index contributed by atoms with van der Waals surface area (Å²) in [5.74, 6) is -0.184. The quantitative estimate of drug-likeness (QED) is 0.852. The van der Waals surface area contributed by atoms with Gasteiger partial charge in [0.05, 0.1) is 16.9 Å². The van der Waals surface area contributed by atoms with Gasteiger partial charge in [-0.1, -0.05) is 13.3 Å². The number of carboxylic acid groups (broad SMARTS) is 1. The highest BCUT2D eigenvalue weighted by Gasteiger charge is 2.43. The Balaban J connectivity index is 2.05. The average Bonchev–Trinajstić information content (AvgIpc) is 2.39. The van der Waals surface area contributed by atoms with Gasteiger partial charge < -0.3 is 5.11 Å². The molecule has 2 saturated heterocycles. The first-order chi connectivity index (χ1) is 9.38. The zero-order valence-corrected chi connectivity index (χ0v) is 13.0. The molecule has 1 atom stereocenters. The van der Waals surface area contributed by atoms with Crippen LogP contribution in [0.4, 0.5) is 0 Å². The summed E-state index contributed by atoms with van der Waals surface area (Å²) < 4.78 is 23.0. The molecule has 0 aromatic carbocycles. The molecule has 2 fully saturated rings. The molecule has 1 N–H and O–H groups in total.